The van der Waals surface area contributed by atoms with Gasteiger partial charge in [-0.1, -0.05) is 97.1 Å². The lowest BCUT2D eigenvalue weighted by Gasteiger charge is -2.18. The van der Waals surface area contributed by atoms with Gasteiger partial charge in [0.15, 0.2) is 0 Å². The predicted molar refractivity (Wildman–Crippen MR) is 119 cm³/mol. The molecule has 1 nitrogen and oxygen atoms in total. The van der Waals surface area contributed by atoms with Crippen molar-refractivity contribution >= 4 is 21.5 Å². The molecular weight excluding hydrogens is 340 g/mol. The molecule has 0 saturated carbocycles. The van der Waals surface area contributed by atoms with Crippen LogP contribution in [0.25, 0.3) is 43.8 Å². The van der Waals surface area contributed by atoms with E-state index in [9.17, 15) is 0 Å². The first kappa shape index (κ1) is 16.6. The van der Waals surface area contributed by atoms with E-state index in [-0.39, 0.29) is 0 Å². The minimum atomic E-state index is 0.896. The molecule has 134 valence electrons. The van der Waals surface area contributed by atoms with Crippen LogP contribution in [0, 0.1) is 0 Å². The number of ether oxygens (including phenoxy) is 1. The molecule has 0 aliphatic rings. The second-order valence-electron chi connectivity index (χ2n) is 6.94. The summed E-state index contributed by atoms with van der Waals surface area (Å²) >= 11 is 0. The molecule has 0 atom stereocenters. The standard InChI is InChI=1S/C27H20O/c1-28-25-18-16-21-12-6-8-14-23(21)27(25)26-22-13-7-5-11-20(22)15-17-24(26)19-9-3-2-4-10-19/h2-18H,1H3. The Morgan fingerprint density at radius 3 is 1.75 bits per heavy atom. The molecule has 0 fully saturated rings. The molecule has 0 amide bonds. The molecule has 0 aliphatic carbocycles. The molecule has 28 heavy (non-hydrogen) atoms. The summed E-state index contributed by atoms with van der Waals surface area (Å²) in [6, 6.07) is 36.3. The summed E-state index contributed by atoms with van der Waals surface area (Å²) < 4.78 is 5.85. The first-order chi connectivity index (χ1) is 13.9. The monoisotopic (exact) mass is 360 g/mol. The summed E-state index contributed by atoms with van der Waals surface area (Å²) in [5.74, 6) is 0.896. The molecule has 0 aliphatic heterocycles. The smallest absolute Gasteiger partial charge is 0.127 e. The summed E-state index contributed by atoms with van der Waals surface area (Å²) in [5, 5.41) is 4.88. The van der Waals surface area contributed by atoms with Crippen LogP contribution < -0.4 is 4.74 Å². The zero-order chi connectivity index (χ0) is 18.9. The zero-order valence-electron chi connectivity index (χ0n) is 15.7. The van der Waals surface area contributed by atoms with Gasteiger partial charge in [0.05, 0.1) is 7.11 Å². The second kappa shape index (κ2) is 6.86. The van der Waals surface area contributed by atoms with Gasteiger partial charge in [0, 0.05) is 11.1 Å². The Balaban J connectivity index is 1.98. The van der Waals surface area contributed by atoms with Gasteiger partial charge in [-0.25, -0.2) is 0 Å². The second-order valence-corrected chi connectivity index (χ2v) is 6.94. The van der Waals surface area contributed by atoms with Gasteiger partial charge in [-0.05, 0) is 38.7 Å². The third kappa shape index (κ3) is 2.64. The number of benzene rings is 5. The molecular formula is C27H20O. The van der Waals surface area contributed by atoms with E-state index in [1.807, 2.05) is 0 Å². The van der Waals surface area contributed by atoms with Crippen molar-refractivity contribution in [2.24, 2.45) is 0 Å². The van der Waals surface area contributed by atoms with Crippen LogP contribution >= 0.6 is 0 Å². The van der Waals surface area contributed by atoms with E-state index in [0.717, 1.165) is 11.3 Å². The molecule has 0 spiro atoms. The molecule has 1 heteroatoms. The number of methoxy groups -OCH3 is 1. The van der Waals surface area contributed by atoms with E-state index < -0.39 is 0 Å². The van der Waals surface area contributed by atoms with Crippen molar-refractivity contribution < 1.29 is 4.74 Å². The van der Waals surface area contributed by atoms with E-state index in [1.165, 1.54) is 38.2 Å². The number of rotatable bonds is 3. The molecule has 0 bridgehead atoms. The molecule has 0 heterocycles. The van der Waals surface area contributed by atoms with Crippen molar-refractivity contribution in [2.75, 3.05) is 7.11 Å². The van der Waals surface area contributed by atoms with Crippen LogP contribution in [0.2, 0.25) is 0 Å². The SMILES string of the molecule is COc1ccc2ccccc2c1-c1c(-c2ccccc2)ccc2ccccc12. The van der Waals surface area contributed by atoms with Gasteiger partial charge >= 0.3 is 0 Å². The highest BCUT2D eigenvalue weighted by Crippen LogP contribution is 2.45. The maximum atomic E-state index is 5.85. The van der Waals surface area contributed by atoms with E-state index in [2.05, 4.69) is 103 Å². The highest BCUT2D eigenvalue weighted by atomic mass is 16.5. The van der Waals surface area contributed by atoms with Gasteiger partial charge in [0.25, 0.3) is 0 Å². The van der Waals surface area contributed by atoms with Crippen LogP contribution in [0.3, 0.4) is 0 Å². The van der Waals surface area contributed by atoms with E-state index in [1.54, 1.807) is 7.11 Å². The fraction of sp³-hybridized carbons (Fsp3) is 0.0370. The Morgan fingerprint density at radius 1 is 0.500 bits per heavy atom. The largest absolute Gasteiger partial charge is 0.496 e. The highest BCUT2D eigenvalue weighted by molar-refractivity contribution is 6.12. The lowest BCUT2D eigenvalue weighted by atomic mass is 9.87. The fourth-order valence-electron chi connectivity index (χ4n) is 4.08. The van der Waals surface area contributed by atoms with Gasteiger partial charge in [-0.2, -0.15) is 0 Å². The van der Waals surface area contributed by atoms with Gasteiger partial charge in [0.2, 0.25) is 0 Å². The molecule has 0 radical (unpaired) electrons. The van der Waals surface area contributed by atoms with Crippen LogP contribution in [0.1, 0.15) is 0 Å². The van der Waals surface area contributed by atoms with Crippen LogP contribution in [-0.4, -0.2) is 7.11 Å². The number of fused-ring (bicyclic) bond motifs is 2. The first-order valence-corrected chi connectivity index (χ1v) is 9.50. The molecule has 0 saturated heterocycles. The summed E-state index contributed by atoms with van der Waals surface area (Å²) in [5.41, 5.74) is 4.79. The maximum absolute atomic E-state index is 5.85. The van der Waals surface area contributed by atoms with Crippen LogP contribution in [0.4, 0.5) is 0 Å². The summed E-state index contributed by atoms with van der Waals surface area (Å²) in [4.78, 5) is 0. The fourth-order valence-corrected chi connectivity index (χ4v) is 4.08. The van der Waals surface area contributed by atoms with Crippen molar-refractivity contribution in [2.45, 2.75) is 0 Å². The van der Waals surface area contributed by atoms with Crippen LogP contribution in [-0.2, 0) is 0 Å². The third-order valence-corrected chi connectivity index (χ3v) is 5.37. The van der Waals surface area contributed by atoms with E-state index in [4.69, 9.17) is 4.74 Å². The van der Waals surface area contributed by atoms with Crippen LogP contribution in [0.15, 0.2) is 103 Å². The molecule has 0 aromatic heterocycles. The van der Waals surface area contributed by atoms with Gasteiger partial charge in [-0.3, -0.25) is 0 Å². The van der Waals surface area contributed by atoms with Crippen molar-refractivity contribution in [1.82, 2.24) is 0 Å². The van der Waals surface area contributed by atoms with Crippen molar-refractivity contribution in [3.63, 3.8) is 0 Å². The van der Waals surface area contributed by atoms with Gasteiger partial charge in [0.1, 0.15) is 5.75 Å². The Kier molecular flexibility index (Phi) is 4.06. The molecule has 0 unspecified atom stereocenters. The Bertz CT molecular complexity index is 1290. The molecule has 5 rings (SSSR count). The minimum absolute atomic E-state index is 0.896. The topological polar surface area (TPSA) is 9.23 Å². The Labute approximate surface area is 164 Å². The highest BCUT2D eigenvalue weighted by Gasteiger charge is 2.18. The Hall–Kier alpha value is -3.58. The molecule has 0 N–H and O–H groups in total. The zero-order valence-corrected chi connectivity index (χ0v) is 15.7. The van der Waals surface area contributed by atoms with Crippen molar-refractivity contribution in [3.05, 3.63) is 103 Å². The molecule has 5 aromatic carbocycles. The van der Waals surface area contributed by atoms with Gasteiger partial charge < -0.3 is 4.74 Å². The lowest BCUT2D eigenvalue weighted by molar-refractivity contribution is 0.417. The first-order valence-electron chi connectivity index (χ1n) is 9.50. The quantitative estimate of drug-likeness (QED) is 0.327. The number of hydrogen-bond donors (Lipinski definition) is 0. The Morgan fingerprint density at radius 2 is 1.07 bits per heavy atom. The number of hydrogen-bond acceptors (Lipinski definition) is 1. The van der Waals surface area contributed by atoms with Crippen molar-refractivity contribution in [1.29, 1.82) is 0 Å². The normalized spacial score (nSPS) is 11.0. The van der Waals surface area contributed by atoms with E-state index >= 15 is 0 Å². The third-order valence-electron chi connectivity index (χ3n) is 5.37. The summed E-state index contributed by atoms with van der Waals surface area (Å²) in [7, 11) is 1.75. The maximum Gasteiger partial charge on any atom is 0.127 e. The average Bonchev–Trinajstić information content (AvgIpc) is 2.78. The minimum Gasteiger partial charge on any atom is -0.496 e. The van der Waals surface area contributed by atoms with Gasteiger partial charge in [-0.15, -0.1) is 0 Å². The van der Waals surface area contributed by atoms with Crippen LogP contribution in [0.5, 0.6) is 5.75 Å². The molecule has 5 aromatic rings. The van der Waals surface area contributed by atoms with E-state index in [0.29, 0.717) is 0 Å². The summed E-state index contributed by atoms with van der Waals surface area (Å²) in [6.45, 7) is 0. The van der Waals surface area contributed by atoms with Crippen molar-refractivity contribution in [3.8, 4) is 28.0 Å². The lowest BCUT2D eigenvalue weighted by Crippen LogP contribution is -1.93. The average molecular weight is 360 g/mol. The summed E-state index contributed by atoms with van der Waals surface area (Å²) in [6.07, 6.45) is 0. The predicted octanol–water partition coefficient (Wildman–Crippen LogP) is 7.34.